The molecule has 0 aliphatic rings. The first kappa shape index (κ1) is 16.8. The normalized spacial score (nSPS) is 10.2. The number of nitrogens with zero attached hydrogens (tertiary/aromatic N) is 1. The second-order valence-electron chi connectivity index (χ2n) is 4.88. The average molecular weight is 315 g/mol. The van der Waals surface area contributed by atoms with Gasteiger partial charge in [0.1, 0.15) is 11.4 Å². The zero-order valence-corrected chi connectivity index (χ0v) is 13.3. The van der Waals surface area contributed by atoms with Crippen LogP contribution in [0.4, 0.5) is 5.69 Å². The molecule has 0 aliphatic heterocycles. The molecule has 1 aromatic carbocycles. The number of ether oxygens (including phenoxy) is 2. The summed E-state index contributed by atoms with van der Waals surface area (Å²) < 4.78 is 10.1. The number of rotatable bonds is 8. The van der Waals surface area contributed by atoms with Gasteiger partial charge in [-0.25, -0.2) is 0 Å². The predicted molar refractivity (Wildman–Crippen MR) is 88.8 cm³/mol. The van der Waals surface area contributed by atoms with Crippen LogP contribution >= 0.6 is 0 Å². The van der Waals surface area contributed by atoms with E-state index < -0.39 is 0 Å². The smallest absolute Gasteiger partial charge is 0.270 e. The van der Waals surface area contributed by atoms with E-state index >= 15 is 0 Å². The Morgan fingerprint density at radius 3 is 2.65 bits per heavy atom. The summed E-state index contributed by atoms with van der Waals surface area (Å²) in [5, 5.41) is 6.02. The highest BCUT2D eigenvalue weighted by Crippen LogP contribution is 2.11. The predicted octanol–water partition coefficient (Wildman–Crippen LogP) is 2.08. The molecule has 0 saturated heterocycles. The third-order valence-electron chi connectivity index (χ3n) is 3.24. The van der Waals surface area contributed by atoms with Crippen molar-refractivity contribution in [1.82, 2.24) is 10.3 Å². The molecular weight excluding hydrogens is 294 g/mol. The highest BCUT2D eigenvalue weighted by atomic mass is 16.5. The van der Waals surface area contributed by atoms with Crippen molar-refractivity contribution in [2.75, 3.05) is 32.7 Å². The van der Waals surface area contributed by atoms with Crippen LogP contribution in [0.1, 0.15) is 16.1 Å². The molecule has 0 unspecified atom stereocenters. The van der Waals surface area contributed by atoms with Gasteiger partial charge in [0, 0.05) is 32.1 Å². The summed E-state index contributed by atoms with van der Waals surface area (Å²) in [4.78, 5) is 16.3. The molecule has 2 N–H and O–H groups in total. The minimum atomic E-state index is -0.212. The zero-order chi connectivity index (χ0) is 16.5. The summed E-state index contributed by atoms with van der Waals surface area (Å²) in [7, 11) is 3.27. The lowest BCUT2D eigenvalue weighted by Gasteiger charge is -2.08. The summed E-state index contributed by atoms with van der Waals surface area (Å²) in [5.41, 5.74) is 2.21. The number of hydrogen-bond acceptors (Lipinski definition) is 5. The first-order valence-electron chi connectivity index (χ1n) is 7.33. The number of carbonyl (C=O) groups excluding carboxylic acids is 1. The maximum Gasteiger partial charge on any atom is 0.270 e. The maximum atomic E-state index is 12.2. The van der Waals surface area contributed by atoms with Crippen LogP contribution in [0.15, 0.2) is 42.6 Å². The maximum absolute atomic E-state index is 12.2. The number of nitrogens with one attached hydrogen (secondary N) is 2. The van der Waals surface area contributed by atoms with Crippen molar-refractivity contribution in [3.05, 3.63) is 53.9 Å². The molecule has 2 rings (SSSR count). The third-order valence-corrected chi connectivity index (χ3v) is 3.24. The van der Waals surface area contributed by atoms with Crippen molar-refractivity contribution in [2.45, 2.75) is 6.54 Å². The Bertz CT molecular complexity index is 629. The molecule has 0 spiro atoms. The molecule has 6 nitrogen and oxygen atoms in total. The van der Waals surface area contributed by atoms with Crippen LogP contribution in [0.3, 0.4) is 0 Å². The SMILES string of the molecule is COCCNc1ccnc(C(=O)NCc2ccc(OC)cc2)c1. The molecule has 1 heterocycles. The number of hydrogen-bond donors (Lipinski definition) is 2. The molecule has 0 atom stereocenters. The minimum absolute atomic E-state index is 0.212. The number of aromatic nitrogens is 1. The Balaban J connectivity index is 1.90. The quantitative estimate of drug-likeness (QED) is 0.730. The van der Waals surface area contributed by atoms with E-state index in [9.17, 15) is 4.79 Å². The van der Waals surface area contributed by atoms with Gasteiger partial charge in [0.25, 0.3) is 5.91 Å². The highest BCUT2D eigenvalue weighted by molar-refractivity contribution is 5.93. The number of amides is 1. The summed E-state index contributed by atoms with van der Waals surface area (Å²) in [6.07, 6.45) is 1.61. The van der Waals surface area contributed by atoms with Crippen molar-refractivity contribution in [1.29, 1.82) is 0 Å². The largest absolute Gasteiger partial charge is 0.497 e. The lowest BCUT2D eigenvalue weighted by atomic mass is 10.2. The van der Waals surface area contributed by atoms with E-state index in [1.54, 1.807) is 26.5 Å². The monoisotopic (exact) mass is 315 g/mol. The Kier molecular flexibility index (Phi) is 6.38. The van der Waals surface area contributed by atoms with Crippen LogP contribution in [0.25, 0.3) is 0 Å². The highest BCUT2D eigenvalue weighted by Gasteiger charge is 2.07. The summed E-state index contributed by atoms with van der Waals surface area (Å²) in [5.74, 6) is 0.577. The molecule has 0 radical (unpaired) electrons. The van der Waals surface area contributed by atoms with E-state index in [0.717, 1.165) is 17.0 Å². The fraction of sp³-hybridized carbons (Fsp3) is 0.294. The molecule has 0 fully saturated rings. The van der Waals surface area contributed by atoms with E-state index in [2.05, 4.69) is 15.6 Å². The van der Waals surface area contributed by atoms with Crippen LogP contribution in [0, 0.1) is 0 Å². The van der Waals surface area contributed by atoms with Gasteiger partial charge < -0.3 is 20.1 Å². The Morgan fingerprint density at radius 2 is 1.96 bits per heavy atom. The first-order valence-corrected chi connectivity index (χ1v) is 7.33. The van der Waals surface area contributed by atoms with Crippen molar-refractivity contribution < 1.29 is 14.3 Å². The van der Waals surface area contributed by atoms with Gasteiger partial charge in [-0.3, -0.25) is 9.78 Å². The summed E-state index contributed by atoms with van der Waals surface area (Å²) in [6.45, 7) is 1.71. The third kappa shape index (κ3) is 5.27. The van der Waals surface area contributed by atoms with Crippen LogP contribution in [0.2, 0.25) is 0 Å². The van der Waals surface area contributed by atoms with E-state index in [-0.39, 0.29) is 5.91 Å². The Labute approximate surface area is 135 Å². The van der Waals surface area contributed by atoms with Gasteiger partial charge in [0.2, 0.25) is 0 Å². The Hall–Kier alpha value is -2.60. The molecule has 23 heavy (non-hydrogen) atoms. The van der Waals surface area contributed by atoms with Gasteiger partial charge >= 0.3 is 0 Å². The van der Waals surface area contributed by atoms with E-state index in [1.165, 1.54) is 0 Å². The van der Waals surface area contributed by atoms with Gasteiger partial charge in [-0.2, -0.15) is 0 Å². The van der Waals surface area contributed by atoms with E-state index in [0.29, 0.717) is 25.4 Å². The minimum Gasteiger partial charge on any atom is -0.497 e. The second-order valence-corrected chi connectivity index (χ2v) is 4.88. The standard InChI is InChI=1S/C17H21N3O3/c1-22-10-9-18-14-7-8-19-16(11-14)17(21)20-12-13-3-5-15(23-2)6-4-13/h3-8,11H,9-10,12H2,1-2H3,(H,18,19)(H,20,21). The lowest BCUT2D eigenvalue weighted by Crippen LogP contribution is -2.24. The molecule has 6 heteroatoms. The Morgan fingerprint density at radius 1 is 1.17 bits per heavy atom. The summed E-state index contributed by atoms with van der Waals surface area (Å²) >= 11 is 0. The fourth-order valence-electron chi connectivity index (χ4n) is 1.98. The molecule has 0 bridgehead atoms. The van der Waals surface area contributed by atoms with Crippen molar-refractivity contribution >= 4 is 11.6 Å². The van der Waals surface area contributed by atoms with Crippen LogP contribution in [-0.2, 0) is 11.3 Å². The van der Waals surface area contributed by atoms with Gasteiger partial charge in [-0.1, -0.05) is 12.1 Å². The van der Waals surface area contributed by atoms with Crippen molar-refractivity contribution in [2.24, 2.45) is 0 Å². The number of pyridine rings is 1. The van der Waals surface area contributed by atoms with Gasteiger partial charge in [0.05, 0.1) is 13.7 Å². The average Bonchev–Trinajstić information content (AvgIpc) is 2.60. The van der Waals surface area contributed by atoms with Gasteiger partial charge in [-0.05, 0) is 29.8 Å². The topological polar surface area (TPSA) is 72.5 Å². The van der Waals surface area contributed by atoms with Crippen LogP contribution < -0.4 is 15.4 Å². The molecular formula is C17H21N3O3. The zero-order valence-electron chi connectivity index (χ0n) is 13.3. The van der Waals surface area contributed by atoms with Crippen LogP contribution in [0.5, 0.6) is 5.75 Å². The van der Waals surface area contributed by atoms with Crippen LogP contribution in [-0.4, -0.2) is 38.3 Å². The number of methoxy groups -OCH3 is 2. The van der Waals surface area contributed by atoms with E-state index in [4.69, 9.17) is 9.47 Å². The number of anilines is 1. The lowest BCUT2D eigenvalue weighted by molar-refractivity contribution is 0.0946. The second kappa shape index (κ2) is 8.75. The molecule has 0 aliphatic carbocycles. The molecule has 0 saturated carbocycles. The molecule has 1 aromatic heterocycles. The van der Waals surface area contributed by atoms with Crippen molar-refractivity contribution in [3.8, 4) is 5.75 Å². The van der Waals surface area contributed by atoms with Gasteiger partial charge in [-0.15, -0.1) is 0 Å². The molecule has 1 amide bonds. The number of benzene rings is 1. The molecule has 122 valence electrons. The first-order chi connectivity index (χ1) is 11.2. The number of carbonyl (C=O) groups is 1. The summed E-state index contributed by atoms with van der Waals surface area (Å²) in [6, 6.07) is 11.1. The van der Waals surface area contributed by atoms with E-state index in [1.807, 2.05) is 30.3 Å². The van der Waals surface area contributed by atoms with Gasteiger partial charge in [0.15, 0.2) is 0 Å². The fourth-order valence-corrected chi connectivity index (χ4v) is 1.98. The molecule has 2 aromatic rings. The van der Waals surface area contributed by atoms with Crippen molar-refractivity contribution in [3.63, 3.8) is 0 Å².